The summed E-state index contributed by atoms with van der Waals surface area (Å²) in [6.45, 7) is 9.78. The quantitative estimate of drug-likeness (QED) is 0.216. The summed E-state index contributed by atoms with van der Waals surface area (Å²) in [6, 6.07) is 13.9. The molecular weight excluding hydrogens is 538 g/mol. The molecule has 1 aromatic carbocycles. The second kappa shape index (κ2) is 14.7. The molecule has 0 fully saturated rings. The van der Waals surface area contributed by atoms with Gasteiger partial charge in [0.15, 0.2) is 5.78 Å². The first-order chi connectivity index (χ1) is 20.6. The van der Waals surface area contributed by atoms with Crippen LogP contribution < -0.4 is 10.9 Å². The van der Waals surface area contributed by atoms with Gasteiger partial charge in [-0.3, -0.25) is 14.6 Å². The Kier molecular flexibility index (Phi) is 11.0. The maximum absolute atomic E-state index is 13.6. The van der Waals surface area contributed by atoms with Crippen molar-refractivity contribution in [2.24, 2.45) is 11.3 Å². The van der Waals surface area contributed by atoms with Crippen LogP contribution in [0.15, 0.2) is 59.0 Å². The first kappa shape index (κ1) is 32.2. The van der Waals surface area contributed by atoms with Gasteiger partial charge >= 0.3 is 0 Å². The zero-order valence-electron chi connectivity index (χ0n) is 25.9. The molecule has 5 rings (SSSR count). The number of aliphatic hydroxyl groups is 1. The van der Waals surface area contributed by atoms with Crippen LogP contribution in [0, 0.1) is 11.3 Å². The molecule has 228 valence electrons. The number of carbonyl (C=O) groups excluding carboxylic acids is 2. The fourth-order valence-corrected chi connectivity index (χ4v) is 6.09. The van der Waals surface area contributed by atoms with Gasteiger partial charge in [0.05, 0.1) is 12.3 Å². The molecule has 3 N–H and O–H groups in total. The van der Waals surface area contributed by atoms with Gasteiger partial charge in [-0.1, -0.05) is 45.0 Å². The minimum absolute atomic E-state index is 0.0571. The third-order valence-electron chi connectivity index (χ3n) is 8.66. The van der Waals surface area contributed by atoms with Crippen LogP contribution in [0.1, 0.15) is 81.0 Å². The van der Waals surface area contributed by atoms with E-state index < -0.39 is 0 Å². The number of pyridine rings is 2. The lowest BCUT2D eigenvalue weighted by Crippen LogP contribution is -2.27. The second-order valence-corrected chi connectivity index (χ2v) is 12.7. The number of aryl methyl sites for hydroxylation is 1. The van der Waals surface area contributed by atoms with Crippen LogP contribution in [0.25, 0.3) is 17.2 Å². The van der Waals surface area contributed by atoms with Crippen LogP contribution >= 0.6 is 0 Å². The van der Waals surface area contributed by atoms with Crippen molar-refractivity contribution >= 4 is 18.1 Å². The number of Topliss-reactive ketones (excluding diaryl/α,β-unsaturated/α-hetero) is 1. The number of allylic oxidation sites excluding steroid dienone is 1. The molecule has 0 unspecified atom stereocenters. The van der Waals surface area contributed by atoms with E-state index in [4.69, 9.17) is 14.9 Å². The van der Waals surface area contributed by atoms with Crippen molar-refractivity contribution in [3.05, 3.63) is 92.7 Å². The van der Waals surface area contributed by atoms with Crippen LogP contribution in [0.4, 0.5) is 0 Å². The summed E-state index contributed by atoms with van der Waals surface area (Å²) in [5.41, 5.74) is 8.82. The van der Waals surface area contributed by atoms with Crippen molar-refractivity contribution in [3.8, 4) is 11.1 Å². The zero-order chi connectivity index (χ0) is 31.0. The van der Waals surface area contributed by atoms with E-state index in [0.29, 0.717) is 25.3 Å². The third-order valence-corrected chi connectivity index (χ3v) is 8.66. The largest absolute Gasteiger partial charge is 0.395 e. The second-order valence-electron chi connectivity index (χ2n) is 12.7. The number of aromatic nitrogens is 2. The highest BCUT2D eigenvalue weighted by atomic mass is 16.3. The van der Waals surface area contributed by atoms with E-state index in [-0.39, 0.29) is 29.3 Å². The van der Waals surface area contributed by atoms with E-state index >= 15 is 0 Å². The lowest BCUT2D eigenvalue weighted by Gasteiger charge is -2.34. The van der Waals surface area contributed by atoms with E-state index in [9.17, 15) is 9.59 Å². The highest BCUT2D eigenvalue weighted by Crippen LogP contribution is 2.39. The molecule has 2 heterocycles. The SMILES string of the molecule is CC(C)(C)[C@H]1CCc2nc3c(cc2C1)C=C(C(=O)C[C@H](CCNCCO)c1ccc(-c2ccc(=O)[nH]c2)cc1)C3.CC=O. The average molecular weight is 584 g/mol. The number of hydrogen-bond acceptors (Lipinski definition) is 6. The minimum atomic E-state index is -0.123. The van der Waals surface area contributed by atoms with E-state index in [1.807, 2.05) is 18.2 Å². The number of aromatic amines is 1. The summed E-state index contributed by atoms with van der Waals surface area (Å²) >= 11 is 0. The fourth-order valence-electron chi connectivity index (χ4n) is 6.09. The van der Waals surface area contributed by atoms with Crippen molar-refractivity contribution in [1.82, 2.24) is 15.3 Å². The molecule has 2 atom stereocenters. The van der Waals surface area contributed by atoms with Gasteiger partial charge in [0.2, 0.25) is 5.56 Å². The maximum atomic E-state index is 13.6. The van der Waals surface area contributed by atoms with Crippen LogP contribution in [0.3, 0.4) is 0 Å². The molecule has 0 saturated heterocycles. The summed E-state index contributed by atoms with van der Waals surface area (Å²) in [7, 11) is 0. The maximum Gasteiger partial charge on any atom is 0.247 e. The molecule has 0 spiro atoms. The van der Waals surface area contributed by atoms with Gasteiger partial charge in [-0.25, -0.2) is 0 Å². The molecule has 0 bridgehead atoms. The number of rotatable bonds is 10. The van der Waals surface area contributed by atoms with Crippen LogP contribution in [0.5, 0.6) is 0 Å². The molecule has 0 radical (unpaired) electrons. The minimum Gasteiger partial charge on any atom is -0.395 e. The smallest absolute Gasteiger partial charge is 0.247 e. The molecule has 7 nitrogen and oxygen atoms in total. The Hall–Kier alpha value is -3.68. The first-order valence-corrected chi connectivity index (χ1v) is 15.4. The summed E-state index contributed by atoms with van der Waals surface area (Å²) in [5, 5.41) is 12.4. The Balaban J connectivity index is 0.00000135. The number of H-pyrrole nitrogens is 1. The number of carbonyl (C=O) groups is 2. The van der Waals surface area contributed by atoms with E-state index in [1.54, 1.807) is 6.20 Å². The average Bonchev–Trinajstić information content (AvgIpc) is 3.41. The predicted octanol–water partition coefficient (Wildman–Crippen LogP) is 5.45. The van der Waals surface area contributed by atoms with Gasteiger partial charge < -0.3 is 20.2 Å². The predicted molar refractivity (Wildman–Crippen MR) is 172 cm³/mol. The summed E-state index contributed by atoms with van der Waals surface area (Å²) in [4.78, 5) is 41.6. The van der Waals surface area contributed by atoms with E-state index in [2.05, 4.69) is 55.3 Å². The Morgan fingerprint density at radius 1 is 1.12 bits per heavy atom. The Labute approximate surface area is 254 Å². The summed E-state index contributed by atoms with van der Waals surface area (Å²) in [6.07, 6.45) is 9.65. The first-order valence-electron chi connectivity index (χ1n) is 15.4. The Morgan fingerprint density at radius 2 is 1.84 bits per heavy atom. The zero-order valence-corrected chi connectivity index (χ0v) is 25.9. The standard InChI is InChI=1S/C34H41N3O3.C2H4O/c1-34(2,3)29-9-10-30-27(18-29)16-26-17-28(19-31(26)37-30)32(39)20-24(12-13-35-14-15-38)22-4-6-23(7-5-22)25-8-11-33(40)36-21-25;1-2-3/h4-8,11,16-17,21,24,29,35,38H,9-10,12-15,18-20H2,1-3H3,(H,36,40);2H,1H3/t24-,29-;/m0./s1. The van der Waals surface area contributed by atoms with Crippen molar-refractivity contribution in [2.45, 2.75) is 72.1 Å². The number of aldehydes is 1. The normalized spacial score (nSPS) is 16.3. The lowest BCUT2D eigenvalue weighted by molar-refractivity contribution is -0.116. The van der Waals surface area contributed by atoms with Gasteiger partial charge in [-0.2, -0.15) is 0 Å². The van der Waals surface area contributed by atoms with E-state index in [0.717, 1.165) is 65.6 Å². The van der Waals surface area contributed by atoms with Crippen LogP contribution in [-0.2, 0) is 28.9 Å². The van der Waals surface area contributed by atoms with Crippen molar-refractivity contribution < 1.29 is 14.7 Å². The number of nitrogens with zero attached hydrogens (tertiary/aromatic N) is 1. The number of fused-ring (bicyclic) bond motifs is 2. The monoisotopic (exact) mass is 583 g/mol. The fraction of sp³-hybridized carbons (Fsp3) is 0.444. The number of ketones is 1. The van der Waals surface area contributed by atoms with Crippen molar-refractivity contribution in [3.63, 3.8) is 0 Å². The number of aliphatic hydroxyl groups excluding tert-OH is 1. The molecule has 2 aliphatic rings. The molecule has 0 amide bonds. The van der Waals surface area contributed by atoms with E-state index in [1.165, 1.54) is 30.7 Å². The van der Waals surface area contributed by atoms with Crippen LogP contribution in [-0.4, -0.2) is 46.8 Å². The van der Waals surface area contributed by atoms with Gasteiger partial charge in [-0.15, -0.1) is 0 Å². The lowest BCUT2D eigenvalue weighted by atomic mass is 9.71. The van der Waals surface area contributed by atoms with Gasteiger partial charge in [-0.05, 0) is 102 Å². The molecule has 43 heavy (non-hydrogen) atoms. The Bertz CT molecular complexity index is 1480. The van der Waals surface area contributed by atoms with Crippen LogP contribution in [0.2, 0.25) is 0 Å². The molecule has 0 aliphatic heterocycles. The molecular formula is C36H45N3O4. The molecule has 2 aromatic heterocycles. The van der Waals surface area contributed by atoms with Gasteiger partial charge in [0, 0.05) is 42.9 Å². The molecule has 3 aromatic rings. The third kappa shape index (κ3) is 8.46. The topological polar surface area (TPSA) is 112 Å². The number of hydrogen-bond donors (Lipinski definition) is 3. The molecule has 0 saturated carbocycles. The summed E-state index contributed by atoms with van der Waals surface area (Å²) < 4.78 is 0. The highest BCUT2D eigenvalue weighted by molar-refractivity contribution is 6.02. The van der Waals surface area contributed by atoms with Crippen molar-refractivity contribution in [2.75, 3.05) is 19.7 Å². The van der Waals surface area contributed by atoms with Gasteiger partial charge in [0.1, 0.15) is 6.29 Å². The molecule has 2 aliphatic carbocycles. The Morgan fingerprint density at radius 3 is 2.49 bits per heavy atom. The number of nitrogens with one attached hydrogen (secondary N) is 2. The highest BCUT2D eigenvalue weighted by Gasteiger charge is 2.31. The van der Waals surface area contributed by atoms with Crippen molar-refractivity contribution in [1.29, 1.82) is 0 Å². The molecule has 7 heteroatoms. The number of benzene rings is 1. The summed E-state index contributed by atoms with van der Waals surface area (Å²) in [5.74, 6) is 0.893. The van der Waals surface area contributed by atoms with Gasteiger partial charge in [0.25, 0.3) is 0 Å².